The SMILES string of the molecule is COCC(=O)NCc1cc(Br)ccc1F. The molecule has 5 heteroatoms. The van der Waals surface area contributed by atoms with Crippen LogP contribution in [-0.2, 0) is 16.1 Å². The zero-order valence-electron chi connectivity index (χ0n) is 8.22. The van der Waals surface area contributed by atoms with Crippen LogP contribution >= 0.6 is 15.9 Å². The predicted molar refractivity (Wildman–Crippen MR) is 57.8 cm³/mol. The fraction of sp³-hybridized carbons (Fsp3) is 0.300. The molecule has 0 aromatic heterocycles. The van der Waals surface area contributed by atoms with E-state index in [0.29, 0.717) is 5.56 Å². The van der Waals surface area contributed by atoms with Crippen molar-refractivity contribution in [3.63, 3.8) is 0 Å². The molecule has 82 valence electrons. The van der Waals surface area contributed by atoms with Crippen LogP contribution in [0.1, 0.15) is 5.56 Å². The van der Waals surface area contributed by atoms with Gasteiger partial charge in [0.2, 0.25) is 5.91 Å². The lowest BCUT2D eigenvalue weighted by molar-refractivity contribution is -0.124. The van der Waals surface area contributed by atoms with E-state index < -0.39 is 0 Å². The molecule has 1 rings (SSSR count). The fourth-order valence-corrected chi connectivity index (χ4v) is 1.46. The lowest BCUT2D eigenvalue weighted by atomic mass is 10.2. The maximum atomic E-state index is 13.2. The molecule has 0 saturated heterocycles. The molecule has 0 fully saturated rings. The average Bonchev–Trinajstić information content (AvgIpc) is 2.20. The molecule has 0 spiro atoms. The molecule has 1 aromatic carbocycles. The van der Waals surface area contributed by atoms with Gasteiger partial charge in [0.15, 0.2) is 0 Å². The minimum atomic E-state index is -0.337. The number of rotatable bonds is 4. The van der Waals surface area contributed by atoms with Crippen LogP contribution in [0.25, 0.3) is 0 Å². The average molecular weight is 276 g/mol. The first-order valence-corrected chi connectivity index (χ1v) is 5.12. The molecule has 0 unspecified atom stereocenters. The highest BCUT2D eigenvalue weighted by molar-refractivity contribution is 9.10. The minimum Gasteiger partial charge on any atom is -0.375 e. The molecular formula is C10H11BrFNO2. The molecule has 0 radical (unpaired) electrons. The van der Waals surface area contributed by atoms with E-state index in [1.165, 1.54) is 13.2 Å². The number of nitrogens with one attached hydrogen (secondary N) is 1. The number of hydrogen-bond donors (Lipinski definition) is 1. The predicted octanol–water partition coefficient (Wildman–Crippen LogP) is 1.85. The van der Waals surface area contributed by atoms with Gasteiger partial charge in [-0.3, -0.25) is 4.79 Å². The molecule has 15 heavy (non-hydrogen) atoms. The summed E-state index contributed by atoms with van der Waals surface area (Å²) < 4.78 is 18.6. The summed E-state index contributed by atoms with van der Waals surface area (Å²) in [5.74, 6) is -0.604. The van der Waals surface area contributed by atoms with Crippen LogP contribution in [0, 0.1) is 5.82 Å². The molecule has 0 aliphatic carbocycles. The summed E-state index contributed by atoms with van der Waals surface area (Å²) in [5, 5.41) is 2.54. The monoisotopic (exact) mass is 275 g/mol. The molecule has 0 saturated carbocycles. The maximum Gasteiger partial charge on any atom is 0.246 e. The van der Waals surface area contributed by atoms with E-state index in [-0.39, 0.29) is 24.9 Å². The van der Waals surface area contributed by atoms with Crippen LogP contribution in [0.5, 0.6) is 0 Å². The summed E-state index contributed by atoms with van der Waals surface area (Å²) in [5.41, 5.74) is 0.439. The van der Waals surface area contributed by atoms with E-state index in [0.717, 1.165) is 4.47 Å². The standard InChI is InChI=1S/C10H11BrFNO2/c1-15-6-10(14)13-5-7-4-8(11)2-3-9(7)12/h2-4H,5-6H2,1H3,(H,13,14). The summed E-state index contributed by atoms with van der Waals surface area (Å²) in [7, 11) is 1.43. The Labute approximate surface area is 95.7 Å². The van der Waals surface area contributed by atoms with Crippen LogP contribution in [0.15, 0.2) is 22.7 Å². The Kier molecular flexibility index (Phi) is 4.71. The summed E-state index contributed by atoms with van der Waals surface area (Å²) in [6, 6.07) is 4.58. The normalized spacial score (nSPS) is 10.1. The second-order valence-corrected chi connectivity index (χ2v) is 3.86. The summed E-state index contributed by atoms with van der Waals surface area (Å²) in [4.78, 5) is 11.0. The van der Waals surface area contributed by atoms with Crippen LogP contribution in [0.3, 0.4) is 0 Å². The first-order valence-electron chi connectivity index (χ1n) is 4.33. The third kappa shape index (κ3) is 3.97. The molecule has 1 amide bonds. The summed E-state index contributed by atoms with van der Waals surface area (Å²) >= 11 is 3.23. The van der Waals surface area contributed by atoms with Gasteiger partial charge >= 0.3 is 0 Å². The zero-order valence-corrected chi connectivity index (χ0v) is 9.80. The number of carbonyl (C=O) groups excluding carboxylic acids is 1. The number of methoxy groups -OCH3 is 1. The maximum absolute atomic E-state index is 13.2. The Morgan fingerprint density at radius 1 is 1.60 bits per heavy atom. The van der Waals surface area contributed by atoms with Gasteiger partial charge in [0.05, 0.1) is 0 Å². The fourth-order valence-electron chi connectivity index (χ4n) is 1.05. The molecular weight excluding hydrogens is 265 g/mol. The van der Waals surface area contributed by atoms with E-state index in [9.17, 15) is 9.18 Å². The Bertz CT molecular complexity index is 357. The third-order valence-corrected chi connectivity index (χ3v) is 2.25. The van der Waals surface area contributed by atoms with E-state index in [1.54, 1.807) is 12.1 Å². The lowest BCUT2D eigenvalue weighted by Gasteiger charge is -2.06. The number of halogens is 2. The number of ether oxygens (including phenoxy) is 1. The van der Waals surface area contributed by atoms with Gasteiger partial charge in [-0.1, -0.05) is 15.9 Å². The van der Waals surface area contributed by atoms with Crippen molar-refractivity contribution in [2.75, 3.05) is 13.7 Å². The Morgan fingerprint density at radius 2 is 2.33 bits per heavy atom. The van der Waals surface area contributed by atoms with Gasteiger partial charge in [-0.15, -0.1) is 0 Å². The van der Waals surface area contributed by atoms with Crippen molar-refractivity contribution in [3.05, 3.63) is 34.1 Å². The van der Waals surface area contributed by atoms with E-state index in [1.807, 2.05) is 0 Å². The number of benzene rings is 1. The second kappa shape index (κ2) is 5.82. The third-order valence-electron chi connectivity index (χ3n) is 1.76. The Morgan fingerprint density at radius 3 is 3.00 bits per heavy atom. The van der Waals surface area contributed by atoms with Gasteiger partial charge in [-0.2, -0.15) is 0 Å². The molecule has 0 heterocycles. The number of carbonyl (C=O) groups is 1. The Hall–Kier alpha value is -0.940. The van der Waals surface area contributed by atoms with E-state index in [4.69, 9.17) is 0 Å². The van der Waals surface area contributed by atoms with Gasteiger partial charge in [-0.25, -0.2) is 4.39 Å². The lowest BCUT2D eigenvalue weighted by Crippen LogP contribution is -2.26. The minimum absolute atomic E-state index is 0.0182. The largest absolute Gasteiger partial charge is 0.375 e. The summed E-state index contributed by atoms with van der Waals surface area (Å²) in [6.07, 6.45) is 0. The molecule has 1 N–H and O–H groups in total. The quantitative estimate of drug-likeness (QED) is 0.911. The second-order valence-electron chi connectivity index (χ2n) is 2.95. The van der Waals surface area contributed by atoms with Gasteiger partial charge in [0.1, 0.15) is 12.4 Å². The van der Waals surface area contributed by atoms with E-state index in [2.05, 4.69) is 26.0 Å². The van der Waals surface area contributed by atoms with Gasteiger partial charge in [-0.05, 0) is 18.2 Å². The molecule has 1 aromatic rings. The van der Waals surface area contributed by atoms with Crippen molar-refractivity contribution in [2.45, 2.75) is 6.54 Å². The number of amides is 1. The highest BCUT2D eigenvalue weighted by atomic mass is 79.9. The van der Waals surface area contributed by atoms with Crippen molar-refractivity contribution < 1.29 is 13.9 Å². The smallest absolute Gasteiger partial charge is 0.246 e. The first kappa shape index (κ1) is 12.1. The van der Waals surface area contributed by atoms with Crippen LogP contribution in [-0.4, -0.2) is 19.6 Å². The van der Waals surface area contributed by atoms with Gasteiger partial charge < -0.3 is 10.1 Å². The van der Waals surface area contributed by atoms with Crippen molar-refractivity contribution in [3.8, 4) is 0 Å². The van der Waals surface area contributed by atoms with Crippen LogP contribution < -0.4 is 5.32 Å². The van der Waals surface area contributed by atoms with E-state index >= 15 is 0 Å². The first-order chi connectivity index (χ1) is 7.13. The summed E-state index contributed by atoms with van der Waals surface area (Å²) in [6.45, 7) is 0.142. The van der Waals surface area contributed by atoms with Crippen LogP contribution in [0.4, 0.5) is 4.39 Å². The molecule has 0 aliphatic heterocycles. The zero-order chi connectivity index (χ0) is 11.3. The molecule has 0 bridgehead atoms. The molecule has 0 atom stereocenters. The van der Waals surface area contributed by atoms with Gasteiger partial charge in [0, 0.05) is 23.7 Å². The molecule has 3 nitrogen and oxygen atoms in total. The van der Waals surface area contributed by atoms with Crippen molar-refractivity contribution in [1.82, 2.24) is 5.32 Å². The van der Waals surface area contributed by atoms with Crippen LogP contribution in [0.2, 0.25) is 0 Å². The Balaban J connectivity index is 2.57. The molecule has 0 aliphatic rings. The number of hydrogen-bond acceptors (Lipinski definition) is 2. The van der Waals surface area contributed by atoms with Gasteiger partial charge in [0.25, 0.3) is 0 Å². The van der Waals surface area contributed by atoms with Crippen molar-refractivity contribution in [2.24, 2.45) is 0 Å². The highest BCUT2D eigenvalue weighted by Crippen LogP contribution is 2.15. The van der Waals surface area contributed by atoms with Crippen molar-refractivity contribution in [1.29, 1.82) is 0 Å². The topological polar surface area (TPSA) is 38.3 Å². The van der Waals surface area contributed by atoms with Crippen molar-refractivity contribution >= 4 is 21.8 Å². The highest BCUT2D eigenvalue weighted by Gasteiger charge is 2.05.